The van der Waals surface area contributed by atoms with Crippen LogP contribution < -0.4 is 0 Å². The first-order valence-corrected chi connectivity index (χ1v) is 11.7. The summed E-state index contributed by atoms with van der Waals surface area (Å²) in [6, 6.07) is 21.8. The zero-order valence-electron chi connectivity index (χ0n) is 19.6. The highest BCUT2D eigenvalue weighted by Crippen LogP contribution is 2.43. The predicted molar refractivity (Wildman–Crippen MR) is 131 cm³/mol. The number of piperazine rings is 1. The third-order valence-corrected chi connectivity index (χ3v) is 7.25. The zero-order valence-corrected chi connectivity index (χ0v) is 19.6. The van der Waals surface area contributed by atoms with Gasteiger partial charge >= 0.3 is 0 Å². The Bertz CT molecular complexity index is 1200. The van der Waals surface area contributed by atoms with Crippen molar-refractivity contribution in [2.45, 2.75) is 32.9 Å². The van der Waals surface area contributed by atoms with Crippen LogP contribution in [-0.2, 0) is 12.1 Å². The molecule has 1 saturated heterocycles. The van der Waals surface area contributed by atoms with Crippen molar-refractivity contribution in [3.63, 3.8) is 0 Å². The highest BCUT2D eigenvalue weighted by Gasteiger charge is 2.58. The van der Waals surface area contributed by atoms with Crippen LogP contribution in [0.15, 0.2) is 66.7 Å². The molecule has 1 aliphatic carbocycles. The van der Waals surface area contributed by atoms with E-state index in [1.807, 2.05) is 43.3 Å². The van der Waals surface area contributed by atoms with Crippen LogP contribution >= 0.6 is 0 Å². The summed E-state index contributed by atoms with van der Waals surface area (Å²) < 4.78 is 0. The Balaban J connectivity index is 1.46. The van der Waals surface area contributed by atoms with Gasteiger partial charge in [0, 0.05) is 43.9 Å². The van der Waals surface area contributed by atoms with Gasteiger partial charge in [0.2, 0.25) is 0 Å². The molecular weight excluding hydrogens is 408 g/mol. The number of carbonyl (C=O) groups is 2. The van der Waals surface area contributed by atoms with Gasteiger partial charge in [-0.25, -0.2) is 0 Å². The Kier molecular flexibility index (Phi) is 5.51. The van der Waals surface area contributed by atoms with E-state index in [9.17, 15) is 9.59 Å². The topological polar surface area (TPSA) is 40.6 Å². The van der Waals surface area contributed by atoms with E-state index in [0.29, 0.717) is 24.2 Å². The van der Waals surface area contributed by atoms with Crippen molar-refractivity contribution in [2.24, 2.45) is 0 Å². The van der Waals surface area contributed by atoms with Gasteiger partial charge in [0.25, 0.3) is 0 Å². The molecule has 3 aromatic carbocycles. The summed E-state index contributed by atoms with van der Waals surface area (Å²) in [5, 5.41) is 0. The average Bonchev–Trinajstić information content (AvgIpc) is 3.04. The Hall–Kier alpha value is -3.08. The maximum atomic E-state index is 13.9. The van der Waals surface area contributed by atoms with Crippen molar-refractivity contribution in [2.75, 3.05) is 26.2 Å². The van der Waals surface area contributed by atoms with Crippen LogP contribution in [0.3, 0.4) is 0 Å². The maximum absolute atomic E-state index is 13.9. The number of fused-ring (bicyclic) bond motifs is 1. The van der Waals surface area contributed by atoms with Gasteiger partial charge in [-0.1, -0.05) is 77.9 Å². The number of carbonyl (C=O) groups excluding carboxylic acids is 2. The number of Topliss-reactive ketones (excluding diaryl/α,β-unsaturated/α-hetero) is 2. The highest BCUT2D eigenvalue weighted by molar-refractivity contribution is 6.32. The Morgan fingerprint density at radius 1 is 0.727 bits per heavy atom. The molecule has 33 heavy (non-hydrogen) atoms. The molecule has 4 heteroatoms. The third kappa shape index (κ3) is 3.54. The van der Waals surface area contributed by atoms with E-state index in [2.05, 4.69) is 41.8 Å². The minimum atomic E-state index is -1.26. The molecule has 0 bridgehead atoms. The molecule has 0 amide bonds. The minimum absolute atomic E-state index is 0.0865. The van der Waals surface area contributed by atoms with Crippen molar-refractivity contribution in [1.29, 1.82) is 0 Å². The number of hydrogen-bond acceptors (Lipinski definition) is 4. The molecule has 0 radical (unpaired) electrons. The van der Waals surface area contributed by atoms with E-state index < -0.39 is 5.54 Å². The molecule has 0 spiro atoms. The quantitative estimate of drug-likeness (QED) is 0.554. The van der Waals surface area contributed by atoms with Gasteiger partial charge in [-0.3, -0.25) is 19.4 Å². The molecule has 1 aliphatic heterocycles. The lowest BCUT2D eigenvalue weighted by atomic mass is 9.82. The second-order valence-corrected chi connectivity index (χ2v) is 9.48. The molecule has 2 aliphatic rings. The highest BCUT2D eigenvalue weighted by atomic mass is 16.2. The second-order valence-electron chi connectivity index (χ2n) is 9.48. The molecule has 168 valence electrons. The largest absolute Gasteiger partial charge is 0.297 e. The summed E-state index contributed by atoms with van der Waals surface area (Å²) in [7, 11) is 0. The van der Waals surface area contributed by atoms with Crippen LogP contribution in [0.2, 0.25) is 0 Å². The van der Waals surface area contributed by atoms with E-state index in [-0.39, 0.29) is 11.6 Å². The Morgan fingerprint density at radius 2 is 1.36 bits per heavy atom. The van der Waals surface area contributed by atoms with Gasteiger partial charge in [0.05, 0.1) is 0 Å². The summed E-state index contributed by atoms with van der Waals surface area (Å²) in [4.78, 5) is 32.4. The molecule has 0 atom stereocenters. The van der Waals surface area contributed by atoms with Crippen molar-refractivity contribution in [3.8, 4) is 0 Å². The minimum Gasteiger partial charge on any atom is -0.297 e. The molecule has 4 nitrogen and oxygen atoms in total. The summed E-state index contributed by atoms with van der Waals surface area (Å²) >= 11 is 0. The smallest absolute Gasteiger partial charge is 0.196 e. The van der Waals surface area contributed by atoms with Gasteiger partial charge in [-0.2, -0.15) is 0 Å². The lowest BCUT2D eigenvalue weighted by molar-refractivity contribution is 0.0279. The fraction of sp³-hybridized carbons (Fsp3) is 0.310. The molecule has 0 aromatic heterocycles. The molecule has 3 aromatic rings. The molecule has 0 saturated carbocycles. The fourth-order valence-corrected chi connectivity index (χ4v) is 5.48. The second kappa shape index (κ2) is 8.36. The Morgan fingerprint density at radius 3 is 1.97 bits per heavy atom. The SMILES string of the molecule is Cc1cccc(C2(N3CCN(Cc4ccc(C)cc4C)CC3)C(=O)c3ccccc3C2=O)c1. The number of nitrogens with zero attached hydrogens (tertiary/aromatic N) is 2. The van der Waals surface area contributed by atoms with Crippen LogP contribution in [0, 0.1) is 20.8 Å². The molecular formula is C29H30N2O2. The number of aryl methyl sites for hydroxylation is 3. The van der Waals surface area contributed by atoms with Crippen molar-refractivity contribution < 1.29 is 9.59 Å². The molecule has 0 unspecified atom stereocenters. The van der Waals surface area contributed by atoms with E-state index in [1.165, 1.54) is 16.7 Å². The number of hydrogen-bond donors (Lipinski definition) is 0. The van der Waals surface area contributed by atoms with Crippen LogP contribution in [0.5, 0.6) is 0 Å². The fourth-order valence-electron chi connectivity index (χ4n) is 5.48. The van der Waals surface area contributed by atoms with E-state index in [0.717, 1.165) is 30.8 Å². The van der Waals surface area contributed by atoms with E-state index >= 15 is 0 Å². The van der Waals surface area contributed by atoms with Gasteiger partial charge in [0.1, 0.15) is 0 Å². The van der Waals surface area contributed by atoms with Crippen molar-refractivity contribution >= 4 is 11.6 Å². The van der Waals surface area contributed by atoms with Gasteiger partial charge in [0.15, 0.2) is 17.1 Å². The monoisotopic (exact) mass is 438 g/mol. The number of rotatable bonds is 4. The number of benzene rings is 3. The van der Waals surface area contributed by atoms with Crippen molar-refractivity contribution in [1.82, 2.24) is 9.80 Å². The van der Waals surface area contributed by atoms with Crippen LogP contribution in [-0.4, -0.2) is 47.5 Å². The predicted octanol–water partition coefficient (Wildman–Crippen LogP) is 4.70. The molecule has 1 fully saturated rings. The normalized spacial score (nSPS) is 18.5. The molecule has 0 N–H and O–H groups in total. The van der Waals surface area contributed by atoms with Gasteiger partial charge in [-0.05, 0) is 37.5 Å². The first kappa shape index (κ1) is 21.7. The van der Waals surface area contributed by atoms with Crippen LogP contribution in [0.1, 0.15) is 48.5 Å². The van der Waals surface area contributed by atoms with Gasteiger partial charge < -0.3 is 0 Å². The summed E-state index contributed by atoms with van der Waals surface area (Å²) in [6.07, 6.45) is 0. The first-order valence-electron chi connectivity index (χ1n) is 11.7. The summed E-state index contributed by atoms with van der Waals surface area (Å²) in [5.41, 5.74) is 5.59. The van der Waals surface area contributed by atoms with Crippen LogP contribution in [0.4, 0.5) is 0 Å². The molecule has 1 heterocycles. The maximum Gasteiger partial charge on any atom is 0.196 e. The Labute approximate surface area is 195 Å². The lowest BCUT2D eigenvalue weighted by Gasteiger charge is -2.44. The van der Waals surface area contributed by atoms with E-state index in [1.54, 1.807) is 12.1 Å². The van der Waals surface area contributed by atoms with E-state index in [4.69, 9.17) is 0 Å². The third-order valence-electron chi connectivity index (χ3n) is 7.25. The summed E-state index contributed by atoms with van der Waals surface area (Å²) in [6.45, 7) is 10.2. The zero-order chi connectivity index (χ0) is 23.2. The number of ketones is 2. The van der Waals surface area contributed by atoms with Crippen molar-refractivity contribution in [3.05, 3.63) is 106 Å². The molecule has 5 rings (SSSR count). The standard InChI is InChI=1S/C29H30N2O2/c1-20-7-6-8-24(18-20)29(27(32)25-9-4-5-10-26(25)28(29)33)31-15-13-30(14-16-31)19-23-12-11-21(2)17-22(23)3/h4-12,17-18H,13-16,19H2,1-3H3. The lowest BCUT2D eigenvalue weighted by Crippen LogP contribution is -2.60. The van der Waals surface area contributed by atoms with Crippen LogP contribution in [0.25, 0.3) is 0 Å². The summed E-state index contributed by atoms with van der Waals surface area (Å²) in [5.74, 6) is -0.173. The average molecular weight is 439 g/mol. The first-order chi connectivity index (χ1) is 15.9. The van der Waals surface area contributed by atoms with Gasteiger partial charge in [-0.15, -0.1) is 0 Å².